The number of carbonyl (C=O) groups excluding carboxylic acids is 1. The summed E-state index contributed by atoms with van der Waals surface area (Å²) in [7, 11) is 0. The molecule has 1 amide bonds. The Labute approximate surface area is 155 Å². The topological polar surface area (TPSA) is 42.6 Å². The maximum atomic E-state index is 11.9. The molecule has 3 rings (SSSR count). The standard InChI is InChI=1S/C21H27N2O3/c1-21(2,3)26-20(24)23-14-18(15-23)16-25-19-9-11-22(12-10-19)13-17-7-5-4-6-8-17/h4-12,18H,13-16H2,1-3H3/q+1. The molecule has 0 bridgehead atoms. The van der Waals surface area contributed by atoms with Crippen LogP contribution in [0.5, 0.6) is 5.75 Å². The maximum absolute atomic E-state index is 11.9. The van der Waals surface area contributed by atoms with Crippen molar-refractivity contribution in [3.63, 3.8) is 0 Å². The van der Waals surface area contributed by atoms with Gasteiger partial charge in [0.25, 0.3) is 0 Å². The second-order valence-electron chi connectivity index (χ2n) is 7.75. The predicted octanol–water partition coefficient (Wildman–Crippen LogP) is 3.27. The number of hydrogen-bond donors (Lipinski definition) is 0. The Kier molecular flexibility index (Phi) is 5.45. The molecule has 0 saturated carbocycles. The average molecular weight is 355 g/mol. The summed E-state index contributed by atoms with van der Waals surface area (Å²) in [5.41, 5.74) is 0.820. The third kappa shape index (κ3) is 5.22. The number of hydrogen-bond acceptors (Lipinski definition) is 3. The highest BCUT2D eigenvalue weighted by Gasteiger charge is 2.34. The van der Waals surface area contributed by atoms with E-state index in [-0.39, 0.29) is 6.09 Å². The fourth-order valence-corrected chi connectivity index (χ4v) is 2.80. The van der Waals surface area contributed by atoms with Gasteiger partial charge >= 0.3 is 6.09 Å². The fraction of sp³-hybridized carbons (Fsp3) is 0.429. The minimum absolute atomic E-state index is 0.240. The van der Waals surface area contributed by atoms with Crippen molar-refractivity contribution in [2.75, 3.05) is 19.7 Å². The SMILES string of the molecule is CC(C)(C)OC(=O)N1CC(COc2cc[n+](Cc3ccccc3)cc2)C1. The molecule has 0 N–H and O–H groups in total. The Morgan fingerprint density at radius 2 is 1.77 bits per heavy atom. The van der Waals surface area contributed by atoms with Crippen molar-refractivity contribution in [2.24, 2.45) is 5.92 Å². The first-order valence-electron chi connectivity index (χ1n) is 9.03. The predicted molar refractivity (Wildman–Crippen MR) is 99.0 cm³/mol. The number of pyridine rings is 1. The Morgan fingerprint density at radius 3 is 2.38 bits per heavy atom. The van der Waals surface area contributed by atoms with E-state index in [0.717, 1.165) is 12.3 Å². The highest BCUT2D eigenvalue weighted by Crippen LogP contribution is 2.20. The number of aromatic nitrogens is 1. The minimum atomic E-state index is -0.447. The highest BCUT2D eigenvalue weighted by molar-refractivity contribution is 5.69. The molecule has 0 aliphatic carbocycles. The largest absolute Gasteiger partial charge is 0.493 e. The lowest BCUT2D eigenvalue weighted by Crippen LogP contribution is -2.53. The van der Waals surface area contributed by atoms with Crippen molar-refractivity contribution < 1.29 is 18.8 Å². The molecule has 2 heterocycles. The highest BCUT2D eigenvalue weighted by atomic mass is 16.6. The van der Waals surface area contributed by atoms with Gasteiger partial charge in [-0.05, 0) is 20.8 Å². The second kappa shape index (κ2) is 7.77. The first-order valence-corrected chi connectivity index (χ1v) is 9.03. The number of ether oxygens (including phenoxy) is 2. The summed E-state index contributed by atoms with van der Waals surface area (Å²) in [6, 6.07) is 14.3. The lowest BCUT2D eigenvalue weighted by molar-refractivity contribution is -0.688. The summed E-state index contributed by atoms with van der Waals surface area (Å²) < 4.78 is 13.3. The van der Waals surface area contributed by atoms with E-state index in [4.69, 9.17) is 9.47 Å². The Hall–Kier alpha value is -2.56. The number of amides is 1. The Bertz CT molecular complexity index is 717. The molecule has 5 nitrogen and oxygen atoms in total. The van der Waals surface area contributed by atoms with Gasteiger partial charge in [0.05, 0.1) is 6.61 Å². The van der Waals surface area contributed by atoms with E-state index in [9.17, 15) is 4.79 Å². The van der Waals surface area contributed by atoms with E-state index in [1.807, 2.05) is 63.5 Å². The second-order valence-corrected chi connectivity index (χ2v) is 7.75. The quantitative estimate of drug-likeness (QED) is 0.773. The molecule has 1 aliphatic rings. The third-order valence-electron chi connectivity index (χ3n) is 4.16. The van der Waals surface area contributed by atoms with Crippen LogP contribution in [0.2, 0.25) is 0 Å². The van der Waals surface area contributed by atoms with Gasteiger partial charge in [0.15, 0.2) is 18.9 Å². The van der Waals surface area contributed by atoms with E-state index >= 15 is 0 Å². The summed E-state index contributed by atoms with van der Waals surface area (Å²) in [4.78, 5) is 13.6. The van der Waals surface area contributed by atoms with Crippen molar-refractivity contribution in [1.82, 2.24) is 4.90 Å². The van der Waals surface area contributed by atoms with Crippen molar-refractivity contribution in [1.29, 1.82) is 0 Å². The third-order valence-corrected chi connectivity index (χ3v) is 4.16. The molecule has 1 fully saturated rings. The van der Waals surface area contributed by atoms with Gasteiger partial charge in [-0.2, -0.15) is 0 Å². The van der Waals surface area contributed by atoms with Crippen LogP contribution in [0.1, 0.15) is 26.3 Å². The van der Waals surface area contributed by atoms with Gasteiger partial charge in [-0.25, -0.2) is 9.36 Å². The Balaban J connectivity index is 1.40. The van der Waals surface area contributed by atoms with Gasteiger partial charge in [0, 0.05) is 36.7 Å². The number of benzene rings is 1. The molecule has 0 radical (unpaired) electrons. The van der Waals surface area contributed by atoms with E-state index in [2.05, 4.69) is 16.7 Å². The van der Waals surface area contributed by atoms with E-state index in [0.29, 0.717) is 25.6 Å². The molecule has 1 aromatic carbocycles. The zero-order chi connectivity index (χ0) is 18.6. The summed E-state index contributed by atoms with van der Waals surface area (Å²) in [5.74, 6) is 1.21. The van der Waals surface area contributed by atoms with E-state index < -0.39 is 5.60 Å². The Morgan fingerprint density at radius 1 is 1.12 bits per heavy atom. The number of likely N-dealkylation sites (tertiary alicyclic amines) is 1. The summed E-state index contributed by atoms with van der Waals surface area (Å²) >= 11 is 0. The minimum Gasteiger partial charge on any atom is -0.493 e. The first kappa shape index (κ1) is 18.2. The molecule has 26 heavy (non-hydrogen) atoms. The number of rotatable bonds is 5. The molecule has 0 spiro atoms. The fourth-order valence-electron chi connectivity index (χ4n) is 2.80. The van der Waals surface area contributed by atoms with Crippen LogP contribution in [-0.4, -0.2) is 36.3 Å². The lowest BCUT2D eigenvalue weighted by atomic mass is 10.0. The van der Waals surface area contributed by atoms with Gasteiger partial charge in [-0.3, -0.25) is 0 Å². The van der Waals surface area contributed by atoms with Crippen molar-refractivity contribution in [2.45, 2.75) is 32.9 Å². The smallest absolute Gasteiger partial charge is 0.410 e. The van der Waals surface area contributed by atoms with Gasteiger partial charge in [0.2, 0.25) is 0 Å². The molecule has 2 aromatic rings. The maximum Gasteiger partial charge on any atom is 0.410 e. The number of nitrogens with zero attached hydrogens (tertiary/aromatic N) is 2. The van der Waals surface area contributed by atoms with Gasteiger partial charge < -0.3 is 14.4 Å². The zero-order valence-electron chi connectivity index (χ0n) is 15.7. The van der Waals surface area contributed by atoms with Crippen LogP contribution in [0.4, 0.5) is 4.79 Å². The normalized spacial score (nSPS) is 14.7. The molecule has 1 saturated heterocycles. The van der Waals surface area contributed by atoms with Crippen LogP contribution in [0.3, 0.4) is 0 Å². The van der Waals surface area contributed by atoms with Crippen molar-refractivity contribution in [3.05, 3.63) is 60.4 Å². The molecular formula is C21H27N2O3+. The summed E-state index contributed by atoms with van der Waals surface area (Å²) in [6.07, 6.45) is 3.81. The van der Waals surface area contributed by atoms with Crippen LogP contribution in [0.15, 0.2) is 54.9 Å². The molecule has 0 atom stereocenters. The van der Waals surface area contributed by atoms with E-state index in [1.54, 1.807) is 4.90 Å². The molecule has 1 aliphatic heterocycles. The molecule has 0 unspecified atom stereocenters. The van der Waals surface area contributed by atoms with Crippen molar-refractivity contribution >= 4 is 6.09 Å². The number of carbonyl (C=O) groups is 1. The van der Waals surface area contributed by atoms with Gasteiger partial charge in [-0.15, -0.1) is 0 Å². The van der Waals surface area contributed by atoms with Crippen LogP contribution >= 0.6 is 0 Å². The van der Waals surface area contributed by atoms with E-state index in [1.165, 1.54) is 5.56 Å². The van der Waals surface area contributed by atoms with Gasteiger partial charge in [-0.1, -0.05) is 30.3 Å². The molecule has 138 valence electrons. The van der Waals surface area contributed by atoms with Crippen LogP contribution in [-0.2, 0) is 11.3 Å². The lowest BCUT2D eigenvalue weighted by Gasteiger charge is -2.39. The van der Waals surface area contributed by atoms with Gasteiger partial charge in [0.1, 0.15) is 11.4 Å². The van der Waals surface area contributed by atoms with Crippen LogP contribution < -0.4 is 9.30 Å². The molecule has 1 aromatic heterocycles. The van der Waals surface area contributed by atoms with Crippen LogP contribution in [0, 0.1) is 5.92 Å². The monoisotopic (exact) mass is 355 g/mol. The van der Waals surface area contributed by atoms with Crippen LogP contribution in [0.25, 0.3) is 0 Å². The molecular weight excluding hydrogens is 328 g/mol. The zero-order valence-corrected chi connectivity index (χ0v) is 15.7. The summed E-state index contributed by atoms with van der Waals surface area (Å²) in [5, 5.41) is 0. The summed E-state index contributed by atoms with van der Waals surface area (Å²) in [6.45, 7) is 8.47. The average Bonchev–Trinajstić information content (AvgIpc) is 2.54. The van der Waals surface area contributed by atoms with Crippen molar-refractivity contribution in [3.8, 4) is 5.75 Å². The molecule has 5 heteroatoms. The first-order chi connectivity index (χ1) is 12.4.